The fraction of sp³-hybridized carbons (Fsp3) is 0.267. The molecule has 0 atom stereocenters. The van der Waals surface area contributed by atoms with Crippen molar-refractivity contribution in [1.82, 2.24) is 4.98 Å². The van der Waals surface area contributed by atoms with Crippen LogP contribution in [0, 0.1) is 0 Å². The number of hydrogen-bond donors (Lipinski definition) is 1. The molecule has 0 bridgehead atoms. The number of primary amides is 1. The number of nitrogens with two attached hydrogens (primary N) is 1. The maximum Gasteiger partial charge on any atom is 0.339 e. The Balaban J connectivity index is 2.02. The molecule has 20 heavy (non-hydrogen) atoms. The van der Waals surface area contributed by atoms with Crippen molar-refractivity contribution in [2.24, 2.45) is 5.73 Å². The van der Waals surface area contributed by atoms with Gasteiger partial charge in [-0.1, -0.05) is 18.2 Å². The van der Waals surface area contributed by atoms with E-state index in [1.165, 1.54) is 0 Å². The standard InChI is InChI=1S/C15H14N2O3/c16-14(18)8-20-15(19)11-7-13(9-5-6-9)17-12-4-2-1-3-10(11)12/h1-4,7,9H,5-6,8H2,(H2,16,18). The quantitative estimate of drug-likeness (QED) is 0.858. The molecule has 1 amide bonds. The number of aromatic nitrogens is 1. The minimum Gasteiger partial charge on any atom is -0.452 e. The van der Waals surface area contributed by atoms with E-state index in [1.807, 2.05) is 24.3 Å². The topological polar surface area (TPSA) is 82.3 Å². The fourth-order valence-corrected chi connectivity index (χ4v) is 2.17. The fourth-order valence-electron chi connectivity index (χ4n) is 2.17. The molecule has 5 heteroatoms. The van der Waals surface area contributed by atoms with Crippen molar-refractivity contribution in [3.8, 4) is 0 Å². The molecule has 1 fully saturated rings. The predicted molar refractivity (Wildman–Crippen MR) is 73.2 cm³/mol. The smallest absolute Gasteiger partial charge is 0.339 e. The van der Waals surface area contributed by atoms with Gasteiger partial charge in [0.25, 0.3) is 5.91 Å². The Morgan fingerprint density at radius 1 is 1.30 bits per heavy atom. The Hall–Kier alpha value is -2.43. The number of esters is 1. The highest BCUT2D eigenvalue weighted by atomic mass is 16.5. The van der Waals surface area contributed by atoms with E-state index in [-0.39, 0.29) is 0 Å². The molecule has 102 valence electrons. The number of carbonyl (C=O) groups is 2. The second-order valence-corrected chi connectivity index (χ2v) is 4.93. The van der Waals surface area contributed by atoms with Crippen LogP contribution in [0.15, 0.2) is 30.3 Å². The van der Waals surface area contributed by atoms with Crippen molar-refractivity contribution in [1.29, 1.82) is 0 Å². The summed E-state index contributed by atoms with van der Waals surface area (Å²) < 4.78 is 4.91. The summed E-state index contributed by atoms with van der Waals surface area (Å²) in [6.45, 7) is -0.408. The van der Waals surface area contributed by atoms with E-state index < -0.39 is 18.5 Å². The second kappa shape index (κ2) is 4.92. The molecular weight excluding hydrogens is 256 g/mol. The molecular formula is C15H14N2O3. The first-order chi connectivity index (χ1) is 9.65. The Morgan fingerprint density at radius 2 is 2.05 bits per heavy atom. The maximum absolute atomic E-state index is 12.1. The van der Waals surface area contributed by atoms with E-state index in [0.717, 1.165) is 29.4 Å². The molecule has 2 N–H and O–H groups in total. The number of ether oxygens (including phenoxy) is 1. The molecule has 0 aliphatic heterocycles. The van der Waals surface area contributed by atoms with Crippen molar-refractivity contribution in [2.45, 2.75) is 18.8 Å². The van der Waals surface area contributed by atoms with E-state index >= 15 is 0 Å². The number of hydrogen-bond acceptors (Lipinski definition) is 4. The van der Waals surface area contributed by atoms with Crippen LogP contribution in [0.4, 0.5) is 0 Å². The third-order valence-electron chi connectivity index (χ3n) is 3.30. The van der Waals surface area contributed by atoms with Gasteiger partial charge < -0.3 is 10.5 Å². The van der Waals surface area contributed by atoms with Crippen molar-refractivity contribution < 1.29 is 14.3 Å². The molecule has 1 heterocycles. The van der Waals surface area contributed by atoms with Gasteiger partial charge in [0.1, 0.15) is 0 Å². The average molecular weight is 270 g/mol. The van der Waals surface area contributed by atoms with Crippen LogP contribution in [0.1, 0.15) is 34.8 Å². The van der Waals surface area contributed by atoms with E-state index in [0.29, 0.717) is 11.5 Å². The molecule has 1 aromatic carbocycles. The van der Waals surface area contributed by atoms with Crippen molar-refractivity contribution in [2.75, 3.05) is 6.61 Å². The Morgan fingerprint density at radius 3 is 2.75 bits per heavy atom. The SMILES string of the molecule is NC(=O)COC(=O)c1cc(C2CC2)nc2ccccc12. The van der Waals surface area contributed by atoms with E-state index in [1.54, 1.807) is 6.07 Å². The summed E-state index contributed by atoms with van der Waals surface area (Å²) >= 11 is 0. The van der Waals surface area contributed by atoms with Gasteiger partial charge in [0.05, 0.1) is 11.1 Å². The number of benzene rings is 1. The number of fused-ring (bicyclic) bond motifs is 1. The van der Waals surface area contributed by atoms with Gasteiger partial charge >= 0.3 is 5.97 Å². The molecule has 1 aliphatic carbocycles. The molecule has 2 aromatic rings. The Labute approximate surface area is 115 Å². The van der Waals surface area contributed by atoms with Crippen LogP contribution in [0.5, 0.6) is 0 Å². The summed E-state index contributed by atoms with van der Waals surface area (Å²) in [7, 11) is 0. The molecule has 1 aromatic heterocycles. The summed E-state index contributed by atoms with van der Waals surface area (Å²) in [5.41, 5.74) is 7.11. The number of pyridine rings is 1. The lowest BCUT2D eigenvalue weighted by Gasteiger charge is -2.08. The molecule has 3 rings (SSSR count). The molecule has 1 saturated carbocycles. The lowest BCUT2D eigenvalue weighted by atomic mass is 10.1. The number of rotatable bonds is 4. The molecule has 5 nitrogen and oxygen atoms in total. The first kappa shape index (κ1) is 12.6. The molecule has 0 unspecified atom stereocenters. The van der Waals surface area contributed by atoms with Crippen LogP contribution in [-0.4, -0.2) is 23.5 Å². The third-order valence-corrected chi connectivity index (χ3v) is 3.30. The maximum atomic E-state index is 12.1. The van der Waals surface area contributed by atoms with Crippen LogP contribution in [0.3, 0.4) is 0 Å². The number of amides is 1. The van der Waals surface area contributed by atoms with Crippen LogP contribution >= 0.6 is 0 Å². The number of carbonyl (C=O) groups excluding carboxylic acids is 2. The normalized spacial score (nSPS) is 14.2. The van der Waals surface area contributed by atoms with Gasteiger partial charge in [-0.2, -0.15) is 0 Å². The highest BCUT2D eigenvalue weighted by Gasteiger charge is 2.27. The van der Waals surface area contributed by atoms with Gasteiger partial charge in [-0.05, 0) is 25.0 Å². The minimum atomic E-state index is -0.667. The van der Waals surface area contributed by atoms with Crippen LogP contribution in [0.2, 0.25) is 0 Å². The van der Waals surface area contributed by atoms with Crippen LogP contribution in [-0.2, 0) is 9.53 Å². The van der Waals surface area contributed by atoms with E-state index in [2.05, 4.69) is 4.98 Å². The first-order valence-corrected chi connectivity index (χ1v) is 6.50. The summed E-state index contributed by atoms with van der Waals surface area (Å²) in [6.07, 6.45) is 2.20. The Kier molecular flexibility index (Phi) is 3.10. The lowest BCUT2D eigenvalue weighted by Crippen LogP contribution is -2.21. The molecule has 1 aliphatic rings. The van der Waals surface area contributed by atoms with Crippen molar-refractivity contribution >= 4 is 22.8 Å². The monoisotopic (exact) mass is 270 g/mol. The van der Waals surface area contributed by atoms with Crippen LogP contribution < -0.4 is 5.73 Å². The minimum absolute atomic E-state index is 0.408. The Bertz CT molecular complexity index is 693. The van der Waals surface area contributed by atoms with Crippen molar-refractivity contribution in [3.63, 3.8) is 0 Å². The zero-order chi connectivity index (χ0) is 14.1. The first-order valence-electron chi connectivity index (χ1n) is 6.50. The van der Waals surface area contributed by atoms with Crippen molar-refractivity contribution in [3.05, 3.63) is 41.6 Å². The number of para-hydroxylation sites is 1. The summed E-state index contributed by atoms with van der Waals surface area (Å²) in [5.74, 6) is -0.772. The van der Waals surface area contributed by atoms with E-state index in [4.69, 9.17) is 10.5 Å². The van der Waals surface area contributed by atoms with Gasteiger partial charge in [0, 0.05) is 17.0 Å². The zero-order valence-corrected chi connectivity index (χ0v) is 10.8. The third kappa shape index (κ3) is 2.47. The van der Waals surface area contributed by atoms with Gasteiger partial charge in [-0.3, -0.25) is 9.78 Å². The second-order valence-electron chi connectivity index (χ2n) is 4.93. The molecule has 0 saturated heterocycles. The average Bonchev–Trinajstić information content (AvgIpc) is 3.28. The molecule has 0 radical (unpaired) electrons. The zero-order valence-electron chi connectivity index (χ0n) is 10.8. The summed E-state index contributed by atoms with van der Waals surface area (Å²) in [6, 6.07) is 9.17. The summed E-state index contributed by atoms with van der Waals surface area (Å²) in [4.78, 5) is 27.4. The largest absolute Gasteiger partial charge is 0.452 e. The van der Waals surface area contributed by atoms with Gasteiger partial charge in [0.2, 0.25) is 0 Å². The lowest BCUT2D eigenvalue weighted by molar-refractivity contribution is -0.121. The number of nitrogens with zero attached hydrogens (tertiary/aromatic N) is 1. The molecule has 0 spiro atoms. The van der Waals surface area contributed by atoms with Gasteiger partial charge in [-0.15, -0.1) is 0 Å². The van der Waals surface area contributed by atoms with E-state index in [9.17, 15) is 9.59 Å². The highest BCUT2D eigenvalue weighted by molar-refractivity contribution is 6.04. The summed E-state index contributed by atoms with van der Waals surface area (Å²) in [5, 5.41) is 0.728. The highest BCUT2D eigenvalue weighted by Crippen LogP contribution is 2.40. The van der Waals surface area contributed by atoms with Gasteiger partial charge in [-0.25, -0.2) is 4.79 Å². The van der Waals surface area contributed by atoms with Crippen LogP contribution in [0.25, 0.3) is 10.9 Å². The predicted octanol–water partition coefficient (Wildman–Crippen LogP) is 1.75. The van der Waals surface area contributed by atoms with Gasteiger partial charge in [0.15, 0.2) is 6.61 Å².